The molecule has 3 aromatic rings. The van der Waals surface area contributed by atoms with Gasteiger partial charge in [0.25, 0.3) is 5.91 Å². The Balaban J connectivity index is 1.78. The second kappa shape index (κ2) is 9.76. The molecule has 0 unspecified atom stereocenters. The molecular weight excluding hydrogens is 392 g/mol. The first-order chi connectivity index (χ1) is 14.1. The van der Waals surface area contributed by atoms with Crippen molar-refractivity contribution < 1.29 is 19.1 Å². The van der Waals surface area contributed by atoms with Crippen LogP contribution in [0.5, 0.6) is 6.01 Å². The Morgan fingerprint density at radius 3 is 2.28 bits per heavy atom. The molecule has 0 radical (unpaired) electrons. The van der Waals surface area contributed by atoms with Crippen LogP contribution in [-0.2, 0) is 22.6 Å². The lowest BCUT2D eigenvalue weighted by Crippen LogP contribution is -2.48. The number of carbonyl (C=O) groups is 2. The third kappa shape index (κ3) is 5.37. The number of methoxy groups -OCH3 is 1. The standard InChI is InChI=1S/C20H20N4O4S/c1-27-18-22-19(29-23-18)24(20(26)28-13-15-10-6-3-7-11-15)17(25)16(21)12-14-8-4-2-5-9-14/h2-11,16H,12-13,21H2,1H3/t16-/m0/s1. The summed E-state index contributed by atoms with van der Waals surface area (Å²) < 4.78 is 14.2. The van der Waals surface area contributed by atoms with Gasteiger partial charge in [-0.3, -0.25) is 4.79 Å². The average Bonchev–Trinajstić information content (AvgIpc) is 3.22. The minimum Gasteiger partial charge on any atom is -0.466 e. The van der Waals surface area contributed by atoms with Crippen molar-refractivity contribution in [3.05, 3.63) is 71.8 Å². The Hall–Kier alpha value is -3.30. The van der Waals surface area contributed by atoms with Crippen molar-refractivity contribution in [1.82, 2.24) is 9.36 Å². The van der Waals surface area contributed by atoms with Gasteiger partial charge in [-0.2, -0.15) is 9.88 Å². The molecule has 0 spiro atoms. The number of anilines is 1. The molecule has 0 bridgehead atoms. The predicted molar refractivity (Wildman–Crippen MR) is 109 cm³/mol. The molecule has 0 aliphatic heterocycles. The largest absolute Gasteiger partial charge is 0.466 e. The van der Waals surface area contributed by atoms with Crippen LogP contribution in [0.2, 0.25) is 0 Å². The third-order valence-electron chi connectivity index (χ3n) is 3.99. The summed E-state index contributed by atoms with van der Waals surface area (Å²) in [5.74, 6) is -0.634. The average molecular weight is 412 g/mol. The summed E-state index contributed by atoms with van der Waals surface area (Å²) in [6.07, 6.45) is -0.612. The van der Waals surface area contributed by atoms with Gasteiger partial charge in [-0.1, -0.05) is 60.7 Å². The maximum Gasteiger partial charge on any atom is 0.423 e. The van der Waals surface area contributed by atoms with Crippen LogP contribution in [-0.4, -0.2) is 34.5 Å². The van der Waals surface area contributed by atoms with E-state index in [0.29, 0.717) is 0 Å². The Kier molecular flexibility index (Phi) is 6.88. The van der Waals surface area contributed by atoms with Gasteiger partial charge in [-0.05, 0) is 17.5 Å². The first-order valence-corrected chi connectivity index (χ1v) is 9.57. The number of hydrogen-bond acceptors (Lipinski definition) is 8. The van der Waals surface area contributed by atoms with Gasteiger partial charge in [0.05, 0.1) is 13.2 Å². The molecule has 1 atom stereocenters. The lowest BCUT2D eigenvalue weighted by atomic mass is 10.1. The second-order valence-electron chi connectivity index (χ2n) is 6.07. The molecule has 8 nitrogen and oxygen atoms in total. The number of ether oxygens (including phenoxy) is 2. The molecule has 1 aromatic heterocycles. The van der Waals surface area contributed by atoms with Gasteiger partial charge >= 0.3 is 12.1 Å². The van der Waals surface area contributed by atoms with Gasteiger partial charge in [0.2, 0.25) is 5.13 Å². The van der Waals surface area contributed by atoms with Crippen LogP contribution in [0.4, 0.5) is 9.93 Å². The van der Waals surface area contributed by atoms with E-state index in [2.05, 4.69) is 9.36 Å². The summed E-state index contributed by atoms with van der Waals surface area (Å²) in [6.45, 7) is 0.00726. The van der Waals surface area contributed by atoms with Gasteiger partial charge in [-0.15, -0.1) is 4.37 Å². The van der Waals surface area contributed by atoms with E-state index >= 15 is 0 Å². The summed E-state index contributed by atoms with van der Waals surface area (Å²) in [4.78, 5) is 30.6. The number of carbonyl (C=O) groups excluding carboxylic acids is 2. The second-order valence-corrected chi connectivity index (χ2v) is 6.80. The van der Waals surface area contributed by atoms with Gasteiger partial charge in [-0.25, -0.2) is 4.79 Å². The van der Waals surface area contributed by atoms with Gasteiger partial charge in [0.1, 0.15) is 6.61 Å². The summed E-state index contributed by atoms with van der Waals surface area (Å²) in [5, 5.41) is 0.0356. The molecule has 0 saturated heterocycles. The number of imide groups is 1. The highest BCUT2D eigenvalue weighted by Crippen LogP contribution is 2.23. The monoisotopic (exact) mass is 412 g/mol. The van der Waals surface area contributed by atoms with Crippen molar-refractivity contribution in [3.63, 3.8) is 0 Å². The lowest BCUT2D eigenvalue weighted by molar-refractivity contribution is -0.119. The number of nitrogens with two attached hydrogens (primary N) is 1. The molecule has 0 aliphatic rings. The van der Waals surface area contributed by atoms with Gasteiger partial charge in [0.15, 0.2) is 0 Å². The molecule has 1 heterocycles. The lowest BCUT2D eigenvalue weighted by Gasteiger charge is -2.21. The van der Waals surface area contributed by atoms with Crippen LogP contribution in [0.1, 0.15) is 11.1 Å². The zero-order chi connectivity index (χ0) is 20.6. The highest BCUT2D eigenvalue weighted by atomic mass is 32.1. The molecule has 2 aromatic carbocycles. The molecule has 3 rings (SSSR count). The smallest absolute Gasteiger partial charge is 0.423 e. The fraction of sp³-hybridized carbons (Fsp3) is 0.200. The SMILES string of the molecule is COc1nsc(N(C(=O)OCc2ccccc2)C(=O)[C@@H](N)Cc2ccccc2)n1. The van der Waals surface area contributed by atoms with E-state index in [1.165, 1.54) is 7.11 Å². The maximum atomic E-state index is 13.0. The third-order valence-corrected chi connectivity index (χ3v) is 4.68. The quantitative estimate of drug-likeness (QED) is 0.636. The number of nitrogens with zero attached hydrogens (tertiary/aromatic N) is 3. The Labute approximate surface area is 172 Å². The molecule has 0 saturated carbocycles. The molecular formula is C20H20N4O4S. The van der Waals surface area contributed by atoms with Crippen molar-refractivity contribution in [1.29, 1.82) is 0 Å². The highest BCUT2D eigenvalue weighted by molar-refractivity contribution is 7.10. The molecule has 9 heteroatoms. The van der Waals surface area contributed by atoms with Gasteiger partial charge < -0.3 is 15.2 Å². The summed E-state index contributed by atoms with van der Waals surface area (Å²) >= 11 is 0.847. The van der Waals surface area contributed by atoms with Crippen molar-refractivity contribution in [3.8, 4) is 6.01 Å². The predicted octanol–water partition coefficient (Wildman–Crippen LogP) is 2.79. The normalized spacial score (nSPS) is 11.5. The topological polar surface area (TPSA) is 108 Å². The maximum absolute atomic E-state index is 13.0. The minimum atomic E-state index is -0.962. The Morgan fingerprint density at radius 2 is 1.69 bits per heavy atom. The van der Waals surface area contributed by atoms with Crippen LogP contribution in [0, 0.1) is 0 Å². The highest BCUT2D eigenvalue weighted by Gasteiger charge is 2.32. The molecule has 150 valence electrons. The first-order valence-electron chi connectivity index (χ1n) is 8.80. The van der Waals surface area contributed by atoms with Crippen LogP contribution in [0.3, 0.4) is 0 Å². The molecule has 2 amide bonds. The summed E-state index contributed by atoms with van der Waals surface area (Å²) in [7, 11) is 1.40. The minimum absolute atomic E-state index is 0.00726. The van der Waals surface area contributed by atoms with E-state index in [1.54, 1.807) is 0 Å². The van der Waals surface area contributed by atoms with E-state index in [0.717, 1.165) is 27.6 Å². The van der Waals surface area contributed by atoms with Gasteiger partial charge in [0, 0.05) is 11.5 Å². The summed E-state index contributed by atoms with van der Waals surface area (Å²) in [5.41, 5.74) is 7.76. The van der Waals surface area contributed by atoms with Crippen LogP contribution in [0.25, 0.3) is 0 Å². The number of amides is 2. The van der Waals surface area contributed by atoms with Crippen LogP contribution < -0.4 is 15.4 Å². The molecule has 0 aliphatic carbocycles. The number of aromatic nitrogens is 2. The zero-order valence-corrected chi connectivity index (χ0v) is 16.5. The van der Waals surface area contributed by atoms with E-state index in [9.17, 15) is 9.59 Å². The van der Waals surface area contributed by atoms with Crippen molar-refractivity contribution in [2.75, 3.05) is 12.0 Å². The number of hydrogen-bond donors (Lipinski definition) is 1. The number of rotatable bonds is 7. The fourth-order valence-electron chi connectivity index (χ4n) is 2.54. The fourth-order valence-corrected chi connectivity index (χ4v) is 3.18. The number of benzene rings is 2. The summed E-state index contributed by atoms with van der Waals surface area (Å²) in [6, 6.07) is 17.5. The van der Waals surface area contributed by atoms with E-state index in [4.69, 9.17) is 15.2 Å². The van der Waals surface area contributed by atoms with Crippen molar-refractivity contribution >= 4 is 28.7 Å². The molecule has 29 heavy (non-hydrogen) atoms. The zero-order valence-electron chi connectivity index (χ0n) is 15.7. The van der Waals surface area contributed by atoms with Crippen LogP contribution in [0.15, 0.2) is 60.7 Å². The molecule has 2 N–H and O–H groups in total. The van der Waals surface area contributed by atoms with Crippen molar-refractivity contribution in [2.45, 2.75) is 19.1 Å². The Morgan fingerprint density at radius 1 is 1.07 bits per heavy atom. The van der Waals surface area contributed by atoms with Crippen LogP contribution >= 0.6 is 11.5 Å². The van der Waals surface area contributed by atoms with E-state index < -0.39 is 18.0 Å². The van der Waals surface area contributed by atoms with E-state index in [-0.39, 0.29) is 24.2 Å². The Bertz CT molecular complexity index is 949. The van der Waals surface area contributed by atoms with Crippen molar-refractivity contribution in [2.24, 2.45) is 5.73 Å². The first kappa shape index (κ1) is 20.4. The van der Waals surface area contributed by atoms with E-state index in [1.807, 2.05) is 60.7 Å². The molecule has 0 fully saturated rings.